The van der Waals surface area contributed by atoms with Gasteiger partial charge < -0.3 is 4.74 Å². The fourth-order valence-corrected chi connectivity index (χ4v) is 5.54. The number of ether oxygens (including phenoxy) is 1. The minimum Gasteiger partial charge on any atom is -0.382 e. The van der Waals surface area contributed by atoms with Crippen LogP contribution in [-0.2, 0) is 4.74 Å². The summed E-state index contributed by atoms with van der Waals surface area (Å²) in [6.07, 6.45) is 14.7. The lowest BCUT2D eigenvalue weighted by Crippen LogP contribution is -2.25. The summed E-state index contributed by atoms with van der Waals surface area (Å²) in [5.41, 5.74) is 1.14. The van der Waals surface area contributed by atoms with Crippen molar-refractivity contribution in [3.63, 3.8) is 0 Å². The van der Waals surface area contributed by atoms with Crippen LogP contribution in [0.15, 0.2) is 18.2 Å². The van der Waals surface area contributed by atoms with Gasteiger partial charge in [-0.15, -0.1) is 0 Å². The van der Waals surface area contributed by atoms with Crippen molar-refractivity contribution < 1.29 is 9.13 Å². The molecule has 0 amide bonds. The Bertz CT molecular complexity index is 559. The minimum absolute atomic E-state index is 0.238. The average Bonchev–Trinajstić information content (AvgIpc) is 2.71. The summed E-state index contributed by atoms with van der Waals surface area (Å²) in [6.45, 7) is 3.86. The molecule has 0 bridgehead atoms. The number of hydrogen-bond donors (Lipinski definition) is 0. The lowest BCUT2D eigenvalue weighted by atomic mass is 9.68. The molecule has 3 heteroatoms. The van der Waals surface area contributed by atoms with Gasteiger partial charge in [0, 0.05) is 13.2 Å². The fraction of sp³-hybridized carbons (Fsp3) is 0.750. The Morgan fingerprint density at radius 1 is 0.963 bits per heavy atom. The van der Waals surface area contributed by atoms with Crippen LogP contribution in [0.2, 0.25) is 5.02 Å². The molecule has 1 aromatic carbocycles. The third kappa shape index (κ3) is 6.19. The molecule has 0 heterocycles. The molecule has 0 radical (unpaired) electrons. The molecule has 0 N–H and O–H groups in total. The van der Waals surface area contributed by atoms with Crippen molar-refractivity contribution in [2.45, 2.75) is 83.5 Å². The summed E-state index contributed by atoms with van der Waals surface area (Å²) in [5, 5.41) is 0.238. The second kappa shape index (κ2) is 10.8. The van der Waals surface area contributed by atoms with Crippen LogP contribution in [-0.4, -0.2) is 13.2 Å². The number of benzene rings is 1. The van der Waals surface area contributed by atoms with Gasteiger partial charge in [0.25, 0.3) is 0 Å². The van der Waals surface area contributed by atoms with Crippen LogP contribution in [0.4, 0.5) is 4.39 Å². The molecule has 2 aliphatic rings. The number of rotatable bonds is 8. The smallest absolute Gasteiger partial charge is 0.142 e. The van der Waals surface area contributed by atoms with E-state index in [2.05, 4.69) is 6.92 Å². The van der Waals surface area contributed by atoms with Crippen LogP contribution in [0.3, 0.4) is 0 Å². The Morgan fingerprint density at radius 3 is 2.26 bits per heavy atom. The van der Waals surface area contributed by atoms with Crippen molar-refractivity contribution in [1.82, 2.24) is 0 Å². The molecule has 2 aliphatic carbocycles. The van der Waals surface area contributed by atoms with Gasteiger partial charge in [-0.2, -0.15) is 0 Å². The van der Waals surface area contributed by atoms with E-state index in [4.69, 9.17) is 16.3 Å². The first kappa shape index (κ1) is 21.1. The summed E-state index contributed by atoms with van der Waals surface area (Å²) in [5.74, 6) is 3.05. The first-order chi connectivity index (χ1) is 13.2. The molecule has 0 spiro atoms. The van der Waals surface area contributed by atoms with Gasteiger partial charge in [0.1, 0.15) is 5.82 Å². The second-order valence-electron chi connectivity index (χ2n) is 8.76. The molecule has 2 fully saturated rings. The van der Waals surface area contributed by atoms with E-state index < -0.39 is 0 Å². The molecule has 0 aromatic heterocycles. The van der Waals surface area contributed by atoms with E-state index in [9.17, 15) is 4.39 Å². The highest BCUT2D eigenvalue weighted by Crippen LogP contribution is 2.44. The Balaban J connectivity index is 1.36. The van der Waals surface area contributed by atoms with Gasteiger partial charge in [0.15, 0.2) is 0 Å². The van der Waals surface area contributed by atoms with Crippen molar-refractivity contribution in [1.29, 1.82) is 0 Å². The van der Waals surface area contributed by atoms with Gasteiger partial charge in [-0.1, -0.05) is 43.4 Å². The Hall–Kier alpha value is -0.600. The molecule has 0 aliphatic heterocycles. The number of unbranched alkanes of at least 4 members (excludes halogenated alkanes) is 1. The van der Waals surface area contributed by atoms with E-state index >= 15 is 0 Å². The molecule has 3 rings (SSSR count). The summed E-state index contributed by atoms with van der Waals surface area (Å²) in [7, 11) is 0. The molecule has 0 saturated heterocycles. The number of hydrogen-bond acceptors (Lipinski definition) is 1. The summed E-state index contributed by atoms with van der Waals surface area (Å²) >= 11 is 5.83. The molecular weight excluding hydrogens is 359 g/mol. The molecule has 1 aromatic rings. The maximum absolute atomic E-state index is 13.7. The average molecular weight is 395 g/mol. The van der Waals surface area contributed by atoms with Crippen molar-refractivity contribution in [3.05, 3.63) is 34.6 Å². The van der Waals surface area contributed by atoms with Crippen LogP contribution in [0.25, 0.3) is 0 Å². The van der Waals surface area contributed by atoms with E-state index in [1.807, 2.05) is 6.07 Å². The third-order valence-corrected chi connectivity index (χ3v) is 7.41. The van der Waals surface area contributed by atoms with E-state index in [1.165, 1.54) is 70.6 Å². The maximum atomic E-state index is 13.7. The summed E-state index contributed by atoms with van der Waals surface area (Å²) in [4.78, 5) is 0. The zero-order chi connectivity index (χ0) is 19.1. The molecule has 152 valence electrons. The number of halogens is 2. The zero-order valence-corrected chi connectivity index (χ0v) is 17.7. The SMILES string of the molecule is CCOCCCCC1CCC(C2CCC(c3ccc(Cl)c(F)c3)CC2)CC1. The van der Waals surface area contributed by atoms with Crippen LogP contribution in [0.1, 0.15) is 89.0 Å². The highest BCUT2D eigenvalue weighted by Gasteiger charge is 2.31. The normalized spacial score (nSPS) is 29.0. The zero-order valence-electron chi connectivity index (χ0n) is 16.9. The maximum Gasteiger partial charge on any atom is 0.142 e. The molecule has 27 heavy (non-hydrogen) atoms. The first-order valence-electron chi connectivity index (χ1n) is 11.2. The largest absolute Gasteiger partial charge is 0.382 e. The Kier molecular flexibility index (Phi) is 8.46. The van der Waals surface area contributed by atoms with Crippen molar-refractivity contribution >= 4 is 11.6 Å². The summed E-state index contributed by atoms with van der Waals surface area (Å²) in [6, 6.07) is 5.39. The molecule has 0 unspecified atom stereocenters. The topological polar surface area (TPSA) is 9.23 Å². The highest BCUT2D eigenvalue weighted by molar-refractivity contribution is 6.30. The van der Waals surface area contributed by atoms with Gasteiger partial charge in [-0.3, -0.25) is 0 Å². The standard InChI is InChI=1S/C24H36ClFO/c1-2-27-16-4-3-5-18-6-8-19(9-7-18)20-10-12-21(13-11-20)22-14-15-23(25)24(26)17-22/h14-15,17-21H,2-13,16H2,1H3. The first-order valence-corrected chi connectivity index (χ1v) is 11.6. The summed E-state index contributed by atoms with van der Waals surface area (Å²) < 4.78 is 19.2. The lowest BCUT2D eigenvalue weighted by molar-refractivity contribution is 0.135. The van der Waals surface area contributed by atoms with E-state index in [-0.39, 0.29) is 10.8 Å². The Labute approximate surface area is 170 Å². The van der Waals surface area contributed by atoms with Crippen LogP contribution in [0, 0.1) is 23.6 Å². The van der Waals surface area contributed by atoms with Crippen molar-refractivity contribution in [2.24, 2.45) is 17.8 Å². The highest BCUT2D eigenvalue weighted by atomic mass is 35.5. The fourth-order valence-electron chi connectivity index (χ4n) is 5.42. The van der Waals surface area contributed by atoms with Crippen LogP contribution >= 0.6 is 11.6 Å². The van der Waals surface area contributed by atoms with E-state index in [0.29, 0.717) is 5.92 Å². The van der Waals surface area contributed by atoms with Crippen molar-refractivity contribution in [3.8, 4) is 0 Å². The Morgan fingerprint density at radius 2 is 1.63 bits per heavy atom. The molecule has 1 nitrogen and oxygen atoms in total. The molecule has 2 saturated carbocycles. The molecule has 0 atom stereocenters. The molecular formula is C24H36ClFO. The van der Waals surface area contributed by atoms with Gasteiger partial charge in [0.2, 0.25) is 0 Å². The predicted molar refractivity (Wildman–Crippen MR) is 112 cm³/mol. The van der Waals surface area contributed by atoms with Gasteiger partial charge in [-0.05, 0) is 93.2 Å². The third-order valence-electron chi connectivity index (χ3n) is 7.10. The minimum atomic E-state index is -0.268. The van der Waals surface area contributed by atoms with Crippen LogP contribution in [0.5, 0.6) is 0 Å². The van der Waals surface area contributed by atoms with E-state index in [0.717, 1.165) is 36.5 Å². The predicted octanol–water partition coefficient (Wildman–Crippen LogP) is 7.77. The van der Waals surface area contributed by atoms with E-state index in [1.54, 1.807) is 12.1 Å². The second-order valence-corrected chi connectivity index (χ2v) is 9.17. The van der Waals surface area contributed by atoms with Crippen molar-refractivity contribution in [2.75, 3.05) is 13.2 Å². The lowest BCUT2D eigenvalue weighted by Gasteiger charge is -2.38. The quantitative estimate of drug-likeness (QED) is 0.409. The van der Waals surface area contributed by atoms with Gasteiger partial charge in [-0.25, -0.2) is 4.39 Å². The van der Waals surface area contributed by atoms with Gasteiger partial charge in [0.05, 0.1) is 5.02 Å². The monoisotopic (exact) mass is 394 g/mol. The van der Waals surface area contributed by atoms with Gasteiger partial charge >= 0.3 is 0 Å². The van der Waals surface area contributed by atoms with Crippen LogP contribution < -0.4 is 0 Å².